The van der Waals surface area contributed by atoms with Gasteiger partial charge >= 0.3 is 6.09 Å². The zero-order chi connectivity index (χ0) is 8.57. The molecule has 62 valence electrons. The van der Waals surface area contributed by atoms with E-state index in [2.05, 4.69) is 10.5 Å². The van der Waals surface area contributed by atoms with Gasteiger partial charge < -0.3 is 16.2 Å². The highest BCUT2D eigenvalue weighted by atomic mass is 16.5. The van der Waals surface area contributed by atoms with Gasteiger partial charge in [-0.3, -0.25) is 0 Å². The minimum absolute atomic E-state index is 0.333. The van der Waals surface area contributed by atoms with E-state index >= 15 is 0 Å². The van der Waals surface area contributed by atoms with Gasteiger partial charge in [-0.05, 0) is 13.0 Å². The van der Waals surface area contributed by atoms with Gasteiger partial charge in [0.25, 0.3) is 0 Å². The summed E-state index contributed by atoms with van der Waals surface area (Å²) in [6.45, 7) is 5.94. The third kappa shape index (κ3) is 56.4. The summed E-state index contributed by atoms with van der Waals surface area (Å²) in [7, 11) is 0. The predicted molar refractivity (Wildman–Crippen MR) is 40.5 cm³/mol. The monoisotopic (exact) mass is 148 g/mol. The van der Waals surface area contributed by atoms with Crippen molar-refractivity contribution in [3.8, 4) is 0 Å². The molecule has 0 atom stereocenters. The van der Waals surface area contributed by atoms with Gasteiger partial charge in [-0.25, -0.2) is 4.79 Å². The number of hydrogen-bond donors (Lipinski definition) is 2. The van der Waals surface area contributed by atoms with E-state index in [1.165, 1.54) is 0 Å². The first-order chi connectivity index (χ1) is 4.50. The Balaban J connectivity index is 0. The summed E-state index contributed by atoms with van der Waals surface area (Å²) in [5.74, 6) is 0. The summed E-state index contributed by atoms with van der Waals surface area (Å²) < 4.78 is 4.18. The molecule has 0 aromatic heterocycles. The highest BCUT2D eigenvalue weighted by Crippen LogP contribution is 1.66. The molecule has 0 aromatic carbocycles. The first-order valence-electron chi connectivity index (χ1n) is 3.18. The molecule has 0 radical (unpaired) electrons. The van der Waals surface area contributed by atoms with Crippen LogP contribution in [0.4, 0.5) is 4.79 Å². The maximum atomic E-state index is 9.60. The third-order valence-electron chi connectivity index (χ3n) is 0.287. The molecule has 0 heterocycles. The number of carbonyl (C=O) groups is 1. The van der Waals surface area contributed by atoms with Crippen molar-refractivity contribution in [2.45, 2.75) is 26.8 Å². The predicted octanol–water partition coefficient (Wildman–Crippen LogP) is 0.455. The topological polar surface area (TPSA) is 78.3 Å². The molecule has 0 saturated carbocycles. The van der Waals surface area contributed by atoms with Crippen LogP contribution in [0.25, 0.3) is 0 Å². The van der Waals surface area contributed by atoms with Gasteiger partial charge in [-0.1, -0.05) is 13.8 Å². The summed E-state index contributed by atoms with van der Waals surface area (Å²) in [4.78, 5) is 9.60. The van der Waals surface area contributed by atoms with Crippen molar-refractivity contribution < 1.29 is 9.53 Å². The smallest absolute Gasteiger partial charge is 0.404 e. The van der Waals surface area contributed by atoms with Crippen LogP contribution in [0.5, 0.6) is 0 Å². The van der Waals surface area contributed by atoms with Crippen molar-refractivity contribution in [2.24, 2.45) is 11.5 Å². The van der Waals surface area contributed by atoms with Crippen LogP contribution in [0, 0.1) is 0 Å². The van der Waals surface area contributed by atoms with Gasteiger partial charge in [0.2, 0.25) is 0 Å². The van der Waals surface area contributed by atoms with E-state index < -0.39 is 6.09 Å². The van der Waals surface area contributed by atoms with Crippen molar-refractivity contribution >= 4 is 6.09 Å². The van der Waals surface area contributed by atoms with Gasteiger partial charge in [0.05, 0.1) is 6.61 Å². The highest BCUT2D eigenvalue weighted by molar-refractivity contribution is 5.64. The number of rotatable bonds is 1. The maximum absolute atomic E-state index is 9.60. The number of ether oxygens (including phenoxy) is 1. The van der Waals surface area contributed by atoms with Crippen molar-refractivity contribution in [3.05, 3.63) is 0 Å². The molecule has 4 nitrogen and oxygen atoms in total. The van der Waals surface area contributed by atoms with E-state index in [1.807, 2.05) is 13.8 Å². The average Bonchev–Trinajstić information content (AvgIpc) is 1.62. The summed E-state index contributed by atoms with van der Waals surface area (Å²) in [5, 5.41) is 0. The second-order valence-corrected chi connectivity index (χ2v) is 2.00. The van der Waals surface area contributed by atoms with Crippen molar-refractivity contribution in [2.75, 3.05) is 6.61 Å². The number of amides is 1. The maximum Gasteiger partial charge on any atom is 0.404 e. The zero-order valence-electron chi connectivity index (χ0n) is 6.76. The van der Waals surface area contributed by atoms with Crippen LogP contribution in [-0.2, 0) is 4.74 Å². The second kappa shape index (κ2) is 8.23. The Hall–Kier alpha value is -0.770. The minimum Gasteiger partial charge on any atom is -0.450 e. The Labute approximate surface area is 61.5 Å². The molecule has 0 unspecified atom stereocenters. The fraction of sp³-hybridized carbons (Fsp3) is 0.833. The standard InChI is InChI=1S/C3H7NO2.C3H9N/c1-2-6-3(4)5;1-3(2)4/h2H2,1H3,(H2,4,5);3H,4H2,1-2H3. The lowest BCUT2D eigenvalue weighted by Crippen LogP contribution is -2.11. The first-order valence-corrected chi connectivity index (χ1v) is 3.18. The summed E-state index contributed by atoms with van der Waals surface area (Å²) >= 11 is 0. The van der Waals surface area contributed by atoms with Crippen LogP contribution in [0.2, 0.25) is 0 Å². The molecular weight excluding hydrogens is 132 g/mol. The van der Waals surface area contributed by atoms with Crippen molar-refractivity contribution in [1.29, 1.82) is 0 Å². The van der Waals surface area contributed by atoms with Crippen LogP contribution < -0.4 is 11.5 Å². The molecule has 0 spiro atoms. The fourth-order valence-electron chi connectivity index (χ4n) is 0.142. The van der Waals surface area contributed by atoms with Crippen LogP contribution >= 0.6 is 0 Å². The lowest BCUT2D eigenvalue weighted by Gasteiger charge is -1.89. The Morgan fingerprint density at radius 1 is 1.60 bits per heavy atom. The number of nitrogens with two attached hydrogens (primary N) is 2. The molecule has 1 amide bonds. The summed E-state index contributed by atoms with van der Waals surface area (Å²) in [5.41, 5.74) is 9.65. The summed E-state index contributed by atoms with van der Waals surface area (Å²) in [6, 6.07) is 0.333. The number of primary amides is 1. The highest BCUT2D eigenvalue weighted by Gasteiger charge is 1.82. The summed E-state index contributed by atoms with van der Waals surface area (Å²) in [6.07, 6.45) is -0.711. The van der Waals surface area contributed by atoms with Crippen molar-refractivity contribution in [1.82, 2.24) is 0 Å². The molecule has 0 bridgehead atoms. The van der Waals surface area contributed by atoms with Gasteiger partial charge in [0.1, 0.15) is 0 Å². The Morgan fingerprint density at radius 2 is 1.90 bits per heavy atom. The molecule has 4 N–H and O–H groups in total. The van der Waals surface area contributed by atoms with Gasteiger partial charge in [0.15, 0.2) is 0 Å². The molecule has 4 heteroatoms. The van der Waals surface area contributed by atoms with Crippen LogP contribution in [0.15, 0.2) is 0 Å². The Bertz CT molecular complexity index is 81.1. The molecule has 0 rings (SSSR count). The second-order valence-electron chi connectivity index (χ2n) is 2.00. The molecular formula is C6H16N2O2. The van der Waals surface area contributed by atoms with Gasteiger partial charge in [-0.15, -0.1) is 0 Å². The average molecular weight is 148 g/mol. The zero-order valence-corrected chi connectivity index (χ0v) is 6.76. The third-order valence-corrected chi connectivity index (χ3v) is 0.287. The minimum atomic E-state index is -0.711. The van der Waals surface area contributed by atoms with Gasteiger partial charge in [0, 0.05) is 0 Å². The molecule has 0 saturated heterocycles. The largest absolute Gasteiger partial charge is 0.450 e. The fourth-order valence-corrected chi connectivity index (χ4v) is 0.142. The Kier molecular flexibility index (Phi) is 9.84. The van der Waals surface area contributed by atoms with Crippen LogP contribution in [0.3, 0.4) is 0 Å². The van der Waals surface area contributed by atoms with E-state index in [9.17, 15) is 4.79 Å². The lowest BCUT2D eigenvalue weighted by molar-refractivity contribution is 0.163. The van der Waals surface area contributed by atoms with E-state index in [4.69, 9.17) is 5.73 Å². The van der Waals surface area contributed by atoms with E-state index in [-0.39, 0.29) is 0 Å². The van der Waals surface area contributed by atoms with Crippen LogP contribution in [-0.4, -0.2) is 18.7 Å². The molecule has 0 aliphatic rings. The first kappa shape index (κ1) is 12.0. The molecule has 10 heavy (non-hydrogen) atoms. The lowest BCUT2D eigenvalue weighted by atomic mass is 10.5. The quantitative estimate of drug-likeness (QED) is 0.566. The van der Waals surface area contributed by atoms with Crippen LogP contribution in [0.1, 0.15) is 20.8 Å². The Morgan fingerprint density at radius 3 is 1.90 bits per heavy atom. The van der Waals surface area contributed by atoms with E-state index in [1.54, 1.807) is 6.92 Å². The number of hydrogen-bond acceptors (Lipinski definition) is 3. The molecule has 0 aliphatic carbocycles. The molecule has 0 aromatic rings. The van der Waals surface area contributed by atoms with Crippen molar-refractivity contribution in [3.63, 3.8) is 0 Å². The molecule has 0 fully saturated rings. The normalized spacial score (nSPS) is 8.10. The number of carbonyl (C=O) groups excluding carboxylic acids is 1. The van der Waals surface area contributed by atoms with Gasteiger partial charge in [-0.2, -0.15) is 0 Å². The van der Waals surface area contributed by atoms with E-state index in [0.717, 1.165) is 0 Å². The van der Waals surface area contributed by atoms with E-state index in [0.29, 0.717) is 12.6 Å². The molecule has 0 aliphatic heterocycles. The SMILES string of the molecule is CC(C)N.CCOC(N)=O.